The van der Waals surface area contributed by atoms with E-state index in [0.29, 0.717) is 5.56 Å². The lowest BCUT2D eigenvalue weighted by atomic mass is 9.85. The molecule has 1 unspecified atom stereocenters. The summed E-state index contributed by atoms with van der Waals surface area (Å²) >= 11 is 1.60. The maximum atomic E-state index is 12.9. The van der Waals surface area contributed by atoms with Crippen molar-refractivity contribution in [2.75, 3.05) is 0 Å². The molecule has 1 heterocycles. The molecule has 0 bridgehead atoms. The average Bonchev–Trinajstić information content (AvgIpc) is 3.32. The first-order chi connectivity index (χ1) is 13.2. The smallest absolute Gasteiger partial charge is 0.251 e. The predicted molar refractivity (Wildman–Crippen MR) is 113 cm³/mol. The molecule has 0 saturated heterocycles. The Morgan fingerprint density at radius 3 is 2.46 bits per heavy atom. The van der Waals surface area contributed by atoms with E-state index < -0.39 is 10.0 Å². The van der Waals surface area contributed by atoms with E-state index >= 15 is 0 Å². The molecule has 152 valence electrons. The molecule has 1 atom stereocenters. The molecule has 28 heavy (non-hydrogen) atoms. The zero-order valence-electron chi connectivity index (χ0n) is 16.6. The molecule has 1 aromatic heterocycles. The second-order valence-electron chi connectivity index (χ2n) is 8.42. The van der Waals surface area contributed by atoms with Gasteiger partial charge in [0.25, 0.3) is 5.91 Å². The van der Waals surface area contributed by atoms with E-state index in [9.17, 15) is 13.2 Å². The van der Waals surface area contributed by atoms with Crippen LogP contribution in [0.3, 0.4) is 0 Å². The van der Waals surface area contributed by atoms with E-state index in [-0.39, 0.29) is 28.3 Å². The Morgan fingerprint density at radius 2 is 1.86 bits per heavy atom. The van der Waals surface area contributed by atoms with Crippen molar-refractivity contribution in [3.63, 3.8) is 0 Å². The van der Waals surface area contributed by atoms with Crippen molar-refractivity contribution in [3.8, 4) is 0 Å². The van der Waals surface area contributed by atoms with Gasteiger partial charge in [-0.2, -0.15) is 0 Å². The third-order valence-electron chi connectivity index (χ3n) is 5.05. The van der Waals surface area contributed by atoms with Crippen LogP contribution in [0.1, 0.15) is 67.7 Å². The van der Waals surface area contributed by atoms with E-state index in [1.165, 1.54) is 12.1 Å². The van der Waals surface area contributed by atoms with Crippen molar-refractivity contribution >= 4 is 27.3 Å². The number of benzene rings is 1. The molecule has 3 rings (SSSR count). The number of amides is 1. The highest BCUT2D eigenvalue weighted by Gasteiger charge is 2.29. The van der Waals surface area contributed by atoms with Crippen LogP contribution in [0, 0.1) is 5.41 Å². The Balaban J connectivity index is 1.80. The van der Waals surface area contributed by atoms with Crippen molar-refractivity contribution in [1.82, 2.24) is 10.0 Å². The third-order valence-corrected chi connectivity index (χ3v) is 7.51. The highest BCUT2D eigenvalue weighted by Crippen LogP contribution is 2.35. The molecule has 0 aliphatic heterocycles. The van der Waals surface area contributed by atoms with Crippen molar-refractivity contribution < 1.29 is 13.2 Å². The van der Waals surface area contributed by atoms with Gasteiger partial charge >= 0.3 is 0 Å². The quantitative estimate of drug-likeness (QED) is 0.723. The molecule has 7 heteroatoms. The molecule has 0 spiro atoms. The van der Waals surface area contributed by atoms with Gasteiger partial charge in [-0.3, -0.25) is 4.79 Å². The fraction of sp³-hybridized carbons (Fsp3) is 0.476. The highest BCUT2D eigenvalue weighted by atomic mass is 32.2. The van der Waals surface area contributed by atoms with Gasteiger partial charge in [0, 0.05) is 16.5 Å². The van der Waals surface area contributed by atoms with Crippen LogP contribution in [-0.4, -0.2) is 20.4 Å². The third kappa shape index (κ3) is 5.01. The predicted octanol–water partition coefficient (Wildman–Crippen LogP) is 4.49. The van der Waals surface area contributed by atoms with Crippen LogP contribution >= 0.6 is 11.3 Å². The van der Waals surface area contributed by atoms with E-state index in [0.717, 1.165) is 30.6 Å². The van der Waals surface area contributed by atoms with Crippen molar-refractivity contribution in [2.45, 2.75) is 63.4 Å². The Kier molecular flexibility index (Phi) is 6.27. The minimum atomic E-state index is -3.63. The molecule has 2 aromatic rings. The Labute approximate surface area is 171 Å². The molecule has 1 aliphatic rings. The van der Waals surface area contributed by atoms with Gasteiger partial charge in [-0.1, -0.05) is 45.7 Å². The molecule has 1 fully saturated rings. The first-order valence-corrected chi connectivity index (χ1v) is 12.0. The first-order valence-electron chi connectivity index (χ1n) is 9.63. The van der Waals surface area contributed by atoms with Gasteiger partial charge in [0.15, 0.2) is 0 Å². The van der Waals surface area contributed by atoms with E-state index in [1.807, 2.05) is 17.5 Å². The lowest BCUT2D eigenvalue weighted by Crippen LogP contribution is -2.36. The number of nitrogens with one attached hydrogen (secondary N) is 2. The molecule has 0 radical (unpaired) electrons. The van der Waals surface area contributed by atoms with Crippen LogP contribution < -0.4 is 10.0 Å². The Morgan fingerprint density at radius 1 is 1.14 bits per heavy atom. The van der Waals surface area contributed by atoms with E-state index in [1.54, 1.807) is 23.5 Å². The molecule has 1 aromatic carbocycles. The summed E-state index contributed by atoms with van der Waals surface area (Å²) in [5.74, 6) is -0.272. The summed E-state index contributed by atoms with van der Waals surface area (Å²) in [6.45, 7) is 6.22. The lowest BCUT2D eigenvalue weighted by Gasteiger charge is -2.30. The second-order valence-corrected chi connectivity index (χ2v) is 11.1. The van der Waals surface area contributed by atoms with Crippen LogP contribution in [0.15, 0.2) is 46.7 Å². The minimum Gasteiger partial charge on any atom is -0.344 e. The normalized spacial score (nSPS) is 16.8. The highest BCUT2D eigenvalue weighted by molar-refractivity contribution is 7.89. The summed E-state index contributed by atoms with van der Waals surface area (Å²) in [7, 11) is -3.63. The largest absolute Gasteiger partial charge is 0.344 e. The Bertz CT molecular complexity index is 909. The van der Waals surface area contributed by atoms with E-state index in [4.69, 9.17) is 0 Å². The van der Waals surface area contributed by atoms with Gasteiger partial charge in [0.1, 0.15) is 0 Å². The molecular formula is C21H28N2O3S2. The maximum absolute atomic E-state index is 12.9. The average molecular weight is 421 g/mol. The van der Waals surface area contributed by atoms with Crippen molar-refractivity contribution in [2.24, 2.45) is 5.41 Å². The van der Waals surface area contributed by atoms with Crippen LogP contribution in [0.5, 0.6) is 0 Å². The molecule has 1 saturated carbocycles. The summed E-state index contributed by atoms with van der Waals surface area (Å²) in [6, 6.07) is 10.1. The van der Waals surface area contributed by atoms with Gasteiger partial charge in [0.2, 0.25) is 10.0 Å². The number of rotatable bonds is 6. The number of hydrogen-bond acceptors (Lipinski definition) is 4. The van der Waals surface area contributed by atoms with Crippen LogP contribution in [0.25, 0.3) is 0 Å². The van der Waals surface area contributed by atoms with Gasteiger partial charge in [-0.25, -0.2) is 13.1 Å². The molecular weight excluding hydrogens is 392 g/mol. The Hall–Kier alpha value is -1.70. The summed E-state index contributed by atoms with van der Waals surface area (Å²) in [6.07, 6.45) is 3.83. The molecule has 2 N–H and O–H groups in total. The van der Waals surface area contributed by atoms with Crippen LogP contribution in [0.2, 0.25) is 0 Å². The van der Waals surface area contributed by atoms with Crippen molar-refractivity contribution in [1.29, 1.82) is 0 Å². The fourth-order valence-corrected chi connectivity index (χ4v) is 5.89. The molecule has 1 amide bonds. The number of hydrogen-bond donors (Lipinski definition) is 2. The van der Waals surface area contributed by atoms with Gasteiger partial charge in [-0.05, 0) is 47.9 Å². The number of sulfonamides is 1. The summed E-state index contributed by atoms with van der Waals surface area (Å²) < 4.78 is 28.1. The maximum Gasteiger partial charge on any atom is 0.251 e. The standard InChI is InChI=1S/C21H28N2O3S2/c1-21(2,3)19(18-12-7-13-27-18)22-20(24)15-8-6-11-17(14-15)28(25,26)23-16-9-4-5-10-16/h6-8,11-14,16,19,23H,4-5,9-10H2,1-3H3,(H,22,24). The fourth-order valence-electron chi connectivity index (χ4n) is 3.52. The van der Waals surface area contributed by atoms with Gasteiger partial charge < -0.3 is 5.32 Å². The number of thiophene rings is 1. The summed E-state index contributed by atoms with van der Waals surface area (Å²) in [5.41, 5.74) is 0.175. The van der Waals surface area contributed by atoms with Crippen LogP contribution in [0.4, 0.5) is 0 Å². The summed E-state index contributed by atoms with van der Waals surface area (Å²) in [5, 5.41) is 5.07. The van der Waals surface area contributed by atoms with Crippen molar-refractivity contribution in [3.05, 3.63) is 52.2 Å². The zero-order chi connectivity index (χ0) is 20.4. The number of carbonyl (C=O) groups is 1. The second kappa shape index (κ2) is 8.35. The van der Waals surface area contributed by atoms with Gasteiger partial charge in [-0.15, -0.1) is 11.3 Å². The molecule has 1 aliphatic carbocycles. The summed E-state index contributed by atoms with van der Waals surface area (Å²) in [4.78, 5) is 14.1. The van der Waals surface area contributed by atoms with Crippen LogP contribution in [-0.2, 0) is 10.0 Å². The lowest BCUT2D eigenvalue weighted by molar-refractivity contribution is 0.0903. The van der Waals surface area contributed by atoms with Gasteiger partial charge in [0.05, 0.1) is 10.9 Å². The minimum absolute atomic E-state index is 0.00779. The topological polar surface area (TPSA) is 75.3 Å². The first kappa shape index (κ1) is 21.0. The zero-order valence-corrected chi connectivity index (χ0v) is 18.2. The molecule has 5 nitrogen and oxygen atoms in total. The monoisotopic (exact) mass is 420 g/mol. The number of carbonyl (C=O) groups excluding carboxylic acids is 1. The SMILES string of the molecule is CC(C)(C)C(NC(=O)c1cccc(S(=O)(=O)NC2CCCC2)c1)c1cccs1. The van der Waals surface area contributed by atoms with E-state index in [2.05, 4.69) is 30.8 Å².